The molecule has 1 amide bonds. The Hall–Kier alpha value is -0.830. The van der Waals surface area contributed by atoms with Gasteiger partial charge in [0, 0.05) is 12.6 Å². The summed E-state index contributed by atoms with van der Waals surface area (Å²) >= 11 is 0. The van der Waals surface area contributed by atoms with E-state index in [1.165, 1.54) is 19.3 Å². The van der Waals surface area contributed by atoms with E-state index < -0.39 is 0 Å². The molecule has 1 saturated heterocycles. The van der Waals surface area contributed by atoms with Crippen molar-refractivity contribution in [1.82, 2.24) is 10.2 Å². The van der Waals surface area contributed by atoms with Crippen LogP contribution in [0.5, 0.6) is 0 Å². The average Bonchev–Trinajstić information content (AvgIpc) is 2.68. The largest absolute Gasteiger partial charge is 0.355 e. The summed E-state index contributed by atoms with van der Waals surface area (Å²) in [5.74, 6) is 0.218. The molecule has 2 aliphatic rings. The Morgan fingerprint density at radius 1 is 1.53 bits per heavy atom. The van der Waals surface area contributed by atoms with E-state index in [-0.39, 0.29) is 11.9 Å². The lowest BCUT2D eigenvalue weighted by Crippen LogP contribution is -2.46. The van der Waals surface area contributed by atoms with Gasteiger partial charge in [-0.1, -0.05) is 19.1 Å². The molecule has 3 heteroatoms. The third-order valence-corrected chi connectivity index (χ3v) is 3.44. The highest BCUT2D eigenvalue weighted by atomic mass is 16.2. The molecule has 1 aliphatic carbocycles. The minimum atomic E-state index is 0.114. The number of carbonyl (C=O) groups is 1. The summed E-state index contributed by atoms with van der Waals surface area (Å²) in [5.41, 5.74) is 0. The Morgan fingerprint density at radius 3 is 2.93 bits per heavy atom. The molecule has 2 rings (SSSR count). The Labute approximate surface area is 91.5 Å². The van der Waals surface area contributed by atoms with Crippen LogP contribution >= 0.6 is 0 Å². The normalized spacial score (nSPS) is 30.9. The maximum Gasteiger partial charge on any atom is 0.237 e. The first-order chi connectivity index (χ1) is 7.33. The van der Waals surface area contributed by atoms with Crippen molar-refractivity contribution in [3.05, 3.63) is 12.2 Å². The van der Waals surface area contributed by atoms with Gasteiger partial charge in [0.15, 0.2) is 0 Å². The second-order valence-corrected chi connectivity index (χ2v) is 4.35. The van der Waals surface area contributed by atoms with Gasteiger partial charge in [0.25, 0.3) is 0 Å². The fourth-order valence-corrected chi connectivity index (χ4v) is 2.65. The zero-order valence-electron chi connectivity index (χ0n) is 9.41. The van der Waals surface area contributed by atoms with Crippen LogP contribution in [0, 0.1) is 0 Å². The molecule has 3 nitrogen and oxygen atoms in total. The topological polar surface area (TPSA) is 32.3 Å². The van der Waals surface area contributed by atoms with Crippen LogP contribution in [0.25, 0.3) is 0 Å². The molecule has 0 saturated carbocycles. The average molecular weight is 208 g/mol. The van der Waals surface area contributed by atoms with Crippen LogP contribution in [-0.4, -0.2) is 36.0 Å². The standard InChI is InChI=1S/C12H20N2O/c1-2-14(10-6-4-3-5-7-10)11-8-9-13-12(11)15/h4,6,10-11H,2-3,5,7-9H2,1H3,(H,13,15)/t10-,11+/m1/s1. The summed E-state index contributed by atoms with van der Waals surface area (Å²) in [6.07, 6.45) is 9.16. The fraction of sp³-hybridized carbons (Fsp3) is 0.750. The number of nitrogens with one attached hydrogen (secondary N) is 1. The first-order valence-corrected chi connectivity index (χ1v) is 6.03. The molecule has 0 aromatic heterocycles. The maximum atomic E-state index is 11.6. The van der Waals surface area contributed by atoms with Crippen LogP contribution < -0.4 is 5.32 Å². The van der Waals surface area contributed by atoms with E-state index >= 15 is 0 Å². The van der Waals surface area contributed by atoms with Crippen molar-refractivity contribution in [2.24, 2.45) is 0 Å². The molecule has 0 unspecified atom stereocenters. The monoisotopic (exact) mass is 208 g/mol. The Balaban J connectivity index is 2.05. The van der Waals surface area contributed by atoms with Crippen LogP contribution in [0.3, 0.4) is 0 Å². The molecule has 1 fully saturated rings. The molecule has 2 atom stereocenters. The lowest BCUT2D eigenvalue weighted by atomic mass is 9.99. The van der Waals surface area contributed by atoms with Crippen molar-refractivity contribution in [1.29, 1.82) is 0 Å². The van der Waals surface area contributed by atoms with Crippen molar-refractivity contribution in [3.8, 4) is 0 Å². The fourth-order valence-electron chi connectivity index (χ4n) is 2.65. The van der Waals surface area contributed by atoms with E-state index in [2.05, 4.69) is 29.3 Å². The van der Waals surface area contributed by atoms with E-state index in [1.54, 1.807) is 0 Å². The summed E-state index contributed by atoms with van der Waals surface area (Å²) < 4.78 is 0. The minimum absolute atomic E-state index is 0.114. The van der Waals surface area contributed by atoms with Gasteiger partial charge in [0.1, 0.15) is 0 Å². The quantitative estimate of drug-likeness (QED) is 0.709. The van der Waals surface area contributed by atoms with E-state index in [1.807, 2.05) is 0 Å². The van der Waals surface area contributed by atoms with Crippen molar-refractivity contribution in [2.45, 2.75) is 44.7 Å². The van der Waals surface area contributed by atoms with Gasteiger partial charge in [-0.3, -0.25) is 9.69 Å². The van der Waals surface area contributed by atoms with Gasteiger partial charge in [-0.25, -0.2) is 0 Å². The lowest BCUT2D eigenvalue weighted by Gasteiger charge is -2.33. The van der Waals surface area contributed by atoms with Crippen LogP contribution in [0.4, 0.5) is 0 Å². The second kappa shape index (κ2) is 4.79. The molecular weight excluding hydrogens is 188 g/mol. The number of rotatable bonds is 3. The molecule has 15 heavy (non-hydrogen) atoms. The summed E-state index contributed by atoms with van der Waals surface area (Å²) in [4.78, 5) is 14.0. The minimum Gasteiger partial charge on any atom is -0.355 e. The van der Waals surface area contributed by atoms with Crippen molar-refractivity contribution in [3.63, 3.8) is 0 Å². The Morgan fingerprint density at radius 2 is 2.40 bits per heavy atom. The van der Waals surface area contributed by atoms with Gasteiger partial charge in [-0.2, -0.15) is 0 Å². The highest BCUT2D eigenvalue weighted by molar-refractivity contribution is 5.83. The summed E-state index contributed by atoms with van der Waals surface area (Å²) in [7, 11) is 0. The van der Waals surface area contributed by atoms with Gasteiger partial charge in [0.05, 0.1) is 6.04 Å². The third-order valence-electron chi connectivity index (χ3n) is 3.44. The molecule has 0 radical (unpaired) electrons. The first-order valence-electron chi connectivity index (χ1n) is 6.03. The molecule has 0 aromatic carbocycles. The number of amides is 1. The SMILES string of the molecule is CCN([C@@H]1C=CCCC1)[C@H]1CCNC1=O. The molecule has 0 spiro atoms. The van der Waals surface area contributed by atoms with Crippen LogP contribution in [-0.2, 0) is 4.79 Å². The zero-order valence-corrected chi connectivity index (χ0v) is 9.41. The molecule has 1 N–H and O–H groups in total. The highest BCUT2D eigenvalue weighted by Gasteiger charge is 2.32. The number of hydrogen-bond donors (Lipinski definition) is 1. The van der Waals surface area contributed by atoms with Gasteiger partial charge in [0.2, 0.25) is 5.91 Å². The van der Waals surface area contributed by atoms with Gasteiger partial charge in [-0.05, 0) is 32.2 Å². The number of allylic oxidation sites excluding steroid dienone is 1. The predicted molar refractivity (Wildman–Crippen MR) is 60.6 cm³/mol. The van der Waals surface area contributed by atoms with E-state index in [9.17, 15) is 4.79 Å². The molecule has 1 heterocycles. The molecule has 1 aliphatic heterocycles. The third kappa shape index (κ3) is 2.23. The number of likely N-dealkylation sites (N-methyl/N-ethyl adjacent to an activating group) is 1. The zero-order chi connectivity index (χ0) is 10.7. The Kier molecular flexibility index (Phi) is 3.41. The van der Waals surface area contributed by atoms with Crippen LogP contribution in [0.1, 0.15) is 32.6 Å². The number of carbonyl (C=O) groups excluding carboxylic acids is 1. The molecule has 0 bridgehead atoms. The van der Waals surface area contributed by atoms with E-state index in [0.717, 1.165) is 19.5 Å². The van der Waals surface area contributed by atoms with Crippen molar-refractivity contribution in [2.75, 3.05) is 13.1 Å². The molecule has 0 aromatic rings. The second-order valence-electron chi connectivity index (χ2n) is 4.35. The van der Waals surface area contributed by atoms with Crippen LogP contribution in [0.15, 0.2) is 12.2 Å². The van der Waals surface area contributed by atoms with Crippen LogP contribution in [0.2, 0.25) is 0 Å². The van der Waals surface area contributed by atoms with Crippen molar-refractivity contribution < 1.29 is 4.79 Å². The predicted octanol–water partition coefficient (Wildman–Crippen LogP) is 1.31. The van der Waals surface area contributed by atoms with Crippen molar-refractivity contribution >= 4 is 5.91 Å². The summed E-state index contributed by atoms with van der Waals surface area (Å²) in [6.45, 7) is 3.96. The van der Waals surface area contributed by atoms with Gasteiger partial charge >= 0.3 is 0 Å². The van der Waals surface area contributed by atoms with E-state index in [4.69, 9.17) is 0 Å². The molecular formula is C12H20N2O. The number of hydrogen-bond acceptors (Lipinski definition) is 2. The first kappa shape index (κ1) is 10.7. The van der Waals surface area contributed by atoms with E-state index in [0.29, 0.717) is 6.04 Å². The number of nitrogens with zero attached hydrogens (tertiary/aromatic N) is 1. The summed E-state index contributed by atoms with van der Waals surface area (Å²) in [6, 6.07) is 0.598. The van der Waals surface area contributed by atoms with Gasteiger partial charge < -0.3 is 5.32 Å². The summed E-state index contributed by atoms with van der Waals surface area (Å²) in [5, 5.41) is 2.92. The highest BCUT2D eigenvalue weighted by Crippen LogP contribution is 2.21. The smallest absolute Gasteiger partial charge is 0.237 e. The van der Waals surface area contributed by atoms with Gasteiger partial charge in [-0.15, -0.1) is 0 Å². The Bertz CT molecular complexity index is 262. The lowest BCUT2D eigenvalue weighted by molar-refractivity contribution is -0.124. The maximum absolute atomic E-state index is 11.6. The molecule has 84 valence electrons.